The molecule has 3 amide bonds. The minimum atomic E-state index is -0.508. The van der Waals surface area contributed by atoms with Crippen molar-refractivity contribution in [1.82, 2.24) is 0 Å². The van der Waals surface area contributed by atoms with Crippen LogP contribution in [0.2, 0.25) is 4.34 Å². The van der Waals surface area contributed by atoms with Crippen molar-refractivity contribution in [1.29, 1.82) is 0 Å². The lowest BCUT2D eigenvalue weighted by Crippen LogP contribution is -2.29. The van der Waals surface area contributed by atoms with Gasteiger partial charge >= 0.3 is 0 Å². The summed E-state index contributed by atoms with van der Waals surface area (Å²) in [5, 5.41) is 14.6. The molecule has 0 fully saturated rings. The van der Waals surface area contributed by atoms with E-state index in [1.165, 1.54) is 0 Å². The zero-order valence-corrected chi connectivity index (χ0v) is 17.1. The standard InChI is InChI=1S/C21H16ClN3O4S/c22-17-9-8-16(30-17)19(27)24-15-3-1-2-14-18(15)21(29)25(20(14)28)13-6-4-12(5-7-13)23-10-11-26/h1-9,23,26H,10-11H2,(H,24,27). The Hall–Kier alpha value is -3.20. The molecule has 2 aromatic carbocycles. The molecular formula is C21H16ClN3O4S. The van der Waals surface area contributed by atoms with Crippen LogP contribution in [-0.2, 0) is 0 Å². The number of hydrogen-bond acceptors (Lipinski definition) is 6. The third-order valence-corrected chi connectivity index (χ3v) is 5.76. The largest absolute Gasteiger partial charge is 0.395 e. The van der Waals surface area contributed by atoms with E-state index >= 15 is 0 Å². The topological polar surface area (TPSA) is 98.7 Å². The molecule has 3 N–H and O–H groups in total. The Kier molecular flexibility index (Phi) is 5.54. The van der Waals surface area contributed by atoms with Gasteiger partial charge in [-0.05, 0) is 48.5 Å². The van der Waals surface area contributed by atoms with E-state index in [4.69, 9.17) is 16.7 Å². The molecule has 152 valence electrons. The van der Waals surface area contributed by atoms with Gasteiger partial charge in [-0.2, -0.15) is 0 Å². The zero-order valence-electron chi connectivity index (χ0n) is 15.5. The molecule has 7 nitrogen and oxygen atoms in total. The first-order valence-electron chi connectivity index (χ1n) is 9.03. The number of nitrogens with zero attached hydrogens (tertiary/aromatic N) is 1. The van der Waals surface area contributed by atoms with Gasteiger partial charge in [0.15, 0.2) is 0 Å². The summed E-state index contributed by atoms with van der Waals surface area (Å²) in [4.78, 5) is 40.0. The van der Waals surface area contributed by atoms with Gasteiger partial charge in [0.1, 0.15) is 0 Å². The third-order valence-electron chi connectivity index (χ3n) is 4.53. The number of benzene rings is 2. The number of amides is 3. The van der Waals surface area contributed by atoms with Crippen LogP contribution in [0.15, 0.2) is 54.6 Å². The number of imide groups is 1. The van der Waals surface area contributed by atoms with Crippen LogP contribution in [0.5, 0.6) is 0 Å². The van der Waals surface area contributed by atoms with Gasteiger partial charge in [-0.25, -0.2) is 4.90 Å². The normalized spacial score (nSPS) is 12.8. The second-order valence-electron chi connectivity index (χ2n) is 6.43. The first-order valence-corrected chi connectivity index (χ1v) is 10.2. The van der Waals surface area contributed by atoms with Crippen LogP contribution >= 0.6 is 22.9 Å². The predicted octanol–water partition coefficient (Wildman–Crippen LogP) is 3.86. The number of carbonyl (C=O) groups excluding carboxylic acids is 3. The number of hydrogen-bond donors (Lipinski definition) is 3. The fourth-order valence-corrected chi connectivity index (χ4v) is 4.11. The minimum absolute atomic E-state index is 0.00761. The van der Waals surface area contributed by atoms with E-state index in [0.29, 0.717) is 21.4 Å². The molecule has 2 heterocycles. The van der Waals surface area contributed by atoms with Crippen molar-refractivity contribution in [2.75, 3.05) is 28.7 Å². The lowest BCUT2D eigenvalue weighted by Gasteiger charge is -2.15. The summed E-state index contributed by atoms with van der Waals surface area (Å²) >= 11 is 7.01. The SMILES string of the molecule is O=C(Nc1cccc2c1C(=O)N(c1ccc(NCCO)cc1)C2=O)c1ccc(Cl)s1. The van der Waals surface area contributed by atoms with Crippen molar-refractivity contribution in [3.8, 4) is 0 Å². The summed E-state index contributed by atoms with van der Waals surface area (Å²) in [6, 6.07) is 14.7. The van der Waals surface area contributed by atoms with Gasteiger partial charge in [0.05, 0.1) is 38.3 Å². The number of aliphatic hydroxyl groups excluding tert-OH is 1. The van der Waals surface area contributed by atoms with Crippen molar-refractivity contribution >= 4 is 57.7 Å². The van der Waals surface area contributed by atoms with E-state index in [0.717, 1.165) is 21.9 Å². The monoisotopic (exact) mass is 441 g/mol. The van der Waals surface area contributed by atoms with E-state index < -0.39 is 17.7 Å². The van der Waals surface area contributed by atoms with Crippen LogP contribution in [-0.4, -0.2) is 36.0 Å². The van der Waals surface area contributed by atoms with Gasteiger partial charge in [0, 0.05) is 12.2 Å². The molecule has 1 aliphatic heterocycles. The fourth-order valence-electron chi connectivity index (χ4n) is 3.17. The molecule has 0 atom stereocenters. The van der Waals surface area contributed by atoms with Crippen LogP contribution in [0, 0.1) is 0 Å². The van der Waals surface area contributed by atoms with E-state index in [1.54, 1.807) is 54.6 Å². The Morgan fingerprint density at radius 3 is 2.47 bits per heavy atom. The van der Waals surface area contributed by atoms with Crippen molar-refractivity contribution in [2.24, 2.45) is 0 Å². The summed E-state index contributed by atoms with van der Waals surface area (Å²) in [7, 11) is 0. The summed E-state index contributed by atoms with van der Waals surface area (Å²) < 4.78 is 0.479. The van der Waals surface area contributed by atoms with Crippen LogP contribution < -0.4 is 15.5 Å². The maximum Gasteiger partial charge on any atom is 0.268 e. The second kappa shape index (κ2) is 8.27. The molecule has 0 bridgehead atoms. The summed E-state index contributed by atoms with van der Waals surface area (Å²) in [5.74, 6) is -1.37. The molecule has 0 saturated carbocycles. The number of thiophene rings is 1. The minimum Gasteiger partial charge on any atom is -0.395 e. The van der Waals surface area contributed by atoms with E-state index in [1.807, 2.05) is 0 Å². The summed E-state index contributed by atoms with van der Waals surface area (Å²) in [5.41, 5.74) is 1.82. The average molecular weight is 442 g/mol. The Labute approximate surface area is 180 Å². The Bertz CT molecular complexity index is 1140. The molecule has 30 heavy (non-hydrogen) atoms. The number of nitrogens with one attached hydrogen (secondary N) is 2. The summed E-state index contributed by atoms with van der Waals surface area (Å²) in [6.07, 6.45) is 0. The highest BCUT2D eigenvalue weighted by Gasteiger charge is 2.38. The highest BCUT2D eigenvalue weighted by Crippen LogP contribution is 2.34. The molecule has 1 aromatic heterocycles. The molecule has 0 radical (unpaired) electrons. The number of halogens is 1. The number of aliphatic hydroxyl groups is 1. The van der Waals surface area contributed by atoms with Crippen LogP contribution in [0.3, 0.4) is 0 Å². The molecule has 0 aliphatic carbocycles. The highest BCUT2D eigenvalue weighted by molar-refractivity contribution is 7.18. The van der Waals surface area contributed by atoms with Gasteiger partial charge < -0.3 is 15.7 Å². The maximum atomic E-state index is 13.1. The lowest BCUT2D eigenvalue weighted by molar-refractivity contribution is 0.0926. The van der Waals surface area contributed by atoms with Crippen LogP contribution in [0.4, 0.5) is 17.1 Å². The van der Waals surface area contributed by atoms with Crippen LogP contribution in [0.25, 0.3) is 0 Å². The molecule has 0 unspecified atom stereocenters. The highest BCUT2D eigenvalue weighted by atomic mass is 35.5. The Morgan fingerprint density at radius 2 is 1.80 bits per heavy atom. The number of carbonyl (C=O) groups is 3. The van der Waals surface area contributed by atoms with Gasteiger partial charge in [-0.15, -0.1) is 11.3 Å². The first kappa shape index (κ1) is 20.1. The average Bonchev–Trinajstić information content (AvgIpc) is 3.29. The molecule has 4 rings (SSSR count). The third kappa shape index (κ3) is 3.68. The molecule has 9 heteroatoms. The molecule has 0 spiro atoms. The van der Waals surface area contributed by atoms with Crippen molar-refractivity contribution < 1.29 is 19.5 Å². The maximum absolute atomic E-state index is 13.1. The summed E-state index contributed by atoms with van der Waals surface area (Å²) in [6.45, 7) is 0.386. The smallest absolute Gasteiger partial charge is 0.268 e. The lowest BCUT2D eigenvalue weighted by atomic mass is 10.1. The Morgan fingerprint density at radius 1 is 1.03 bits per heavy atom. The van der Waals surface area contributed by atoms with Crippen molar-refractivity contribution in [2.45, 2.75) is 0 Å². The van der Waals surface area contributed by atoms with Crippen molar-refractivity contribution in [3.63, 3.8) is 0 Å². The van der Waals surface area contributed by atoms with Gasteiger partial charge in [0.2, 0.25) is 0 Å². The quantitative estimate of drug-likeness (QED) is 0.504. The molecule has 1 aliphatic rings. The molecular weight excluding hydrogens is 426 g/mol. The number of rotatable bonds is 6. The Balaban J connectivity index is 1.62. The van der Waals surface area contributed by atoms with Gasteiger partial charge in [0.25, 0.3) is 17.7 Å². The number of anilines is 3. The van der Waals surface area contributed by atoms with E-state index in [9.17, 15) is 14.4 Å². The molecule has 3 aromatic rings. The first-order chi connectivity index (χ1) is 14.5. The number of fused-ring (bicyclic) bond motifs is 1. The van der Waals surface area contributed by atoms with Gasteiger partial charge in [-0.1, -0.05) is 17.7 Å². The van der Waals surface area contributed by atoms with Gasteiger partial charge in [-0.3, -0.25) is 14.4 Å². The molecule has 0 saturated heterocycles. The van der Waals surface area contributed by atoms with Crippen LogP contribution in [0.1, 0.15) is 30.4 Å². The van der Waals surface area contributed by atoms with E-state index in [2.05, 4.69) is 10.6 Å². The van der Waals surface area contributed by atoms with Crippen molar-refractivity contribution in [3.05, 3.63) is 74.9 Å². The second-order valence-corrected chi connectivity index (χ2v) is 8.14. The van der Waals surface area contributed by atoms with E-state index in [-0.39, 0.29) is 23.4 Å². The zero-order chi connectivity index (χ0) is 21.3. The predicted molar refractivity (Wildman–Crippen MR) is 117 cm³/mol. The fraction of sp³-hybridized carbons (Fsp3) is 0.0952.